The van der Waals surface area contributed by atoms with Gasteiger partial charge >= 0.3 is 0 Å². The number of hydrogen-bond acceptors (Lipinski definition) is 1. The molecule has 0 amide bonds. The lowest BCUT2D eigenvalue weighted by Crippen LogP contribution is -2.19. The summed E-state index contributed by atoms with van der Waals surface area (Å²) in [4.78, 5) is 0.759. The van der Waals surface area contributed by atoms with E-state index in [0.717, 1.165) is 17.4 Å². The molecule has 2 heteroatoms. The second-order valence-electron chi connectivity index (χ2n) is 4.78. The lowest BCUT2D eigenvalue weighted by Gasteiger charge is -2.22. The van der Waals surface area contributed by atoms with Crippen molar-refractivity contribution in [3.05, 3.63) is 0 Å². The maximum Gasteiger partial charge on any atom is 0.0579 e. The highest BCUT2D eigenvalue weighted by Gasteiger charge is 2.26. The van der Waals surface area contributed by atoms with Crippen LogP contribution in [0.3, 0.4) is 0 Å². The van der Waals surface area contributed by atoms with Crippen LogP contribution in [0.4, 0.5) is 0 Å². The fourth-order valence-electron chi connectivity index (χ4n) is 2.77. The Kier molecular flexibility index (Phi) is 4.30. The van der Waals surface area contributed by atoms with Crippen molar-refractivity contribution in [2.24, 2.45) is 5.92 Å². The zero-order valence-electron chi connectivity index (χ0n) is 8.88. The fraction of sp³-hybridized carbons (Fsp3) is 1.00. The molecular weight excluding hydrogens is 240 g/mol. The van der Waals surface area contributed by atoms with E-state index in [1.165, 1.54) is 51.4 Å². The summed E-state index contributed by atoms with van der Waals surface area (Å²) in [7, 11) is 0. The van der Waals surface area contributed by atoms with Gasteiger partial charge in [-0.2, -0.15) is 0 Å². The number of rotatable bonds is 2. The Labute approximate surface area is 95.7 Å². The van der Waals surface area contributed by atoms with Gasteiger partial charge in [0.1, 0.15) is 0 Å². The number of halogens is 1. The Morgan fingerprint density at radius 3 is 2.64 bits per heavy atom. The van der Waals surface area contributed by atoms with E-state index in [2.05, 4.69) is 15.9 Å². The van der Waals surface area contributed by atoms with Gasteiger partial charge in [0.05, 0.1) is 6.10 Å². The average molecular weight is 261 g/mol. The molecule has 0 aromatic carbocycles. The molecule has 2 aliphatic rings. The summed E-state index contributed by atoms with van der Waals surface area (Å²) >= 11 is 3.86. The van der Waals surface area contributed by atoms with Crippen LogP contribution in [-0.2, 0) is 4.74 Å². The van der Waals surface area contributed by atoms with Crippen LogP contribution in [0.5, 0.6) is 0 Å². The zero-order chi connectivity index (χ0) is 9.80. The average Bonchev–Trinajstić information content (AvgIpc) is 2.60. The molecule has 3 atom stereocenters. The Hall–Kier alpha value is 0.440. The molecule has 14 heavy (non-hydrogen) atoms. The second kappa shape index (κ2) is 5.50. The van der Waals surface area contributed by atoms with Gasteiger partial charge in [0.25, 0.3) is 0 Å². The quantitative estimate of drug-likeness (QED) is 0.541. The lowest BCUT2D eigenvalue weighted by molar-refractivity contribution is 0.0882. The summed E-state index contributed by atoms with van der Waals surface area (Å²) in [6.45, 7) is 1.00. The van der Waals surface area contributed by atoms with Crippen molar-refractivity contribution in [1.82, 2.24) is 0 Å². The van der Waals surface area contributed by atoms with E-state index in [0.29, 0.717) is 6.10 Å². The Bertz CT molecular complexity index is 166. The predicted molar refractivity (Wildman–Crippen MR) is 62.9 cm³/mol. The minimum absolute atomic E-state index is 0.582. The smallest absolute Gasteiger partial charge is 0.0579 e. The van der Waals surface area contributed by atoms with Crippen LogP contribution in [0, 0.1) is 5.92 Å². The first-order valence-corrected chi connectivity index (χ1v) is 7.03. The molecule has 2 fully saturated rings. The first kappa shape index (κ1) is 10.9. The van der Waals surface area contributed by atoms with Crippen molar-refractivity contribution in [2.45, 2.75) is 62.3 Å². The number of hydrogen-bond donors (Lipinski definition) is 0. The van der Waals surface area contributed by atoms with Crippen LogP contribution in [0.2, 0.25) is 0 Å². The van der Waals surface area contributed by atoms with Gasteiger partial charge in [0.15, 0.2) is 0 Å². The normalized spacial score (nSPS) is 39.6. The van der Waals surface area contributed by atoms with Crippen LogP contribution >= 0.6 is 15.9 Å². The van der Waals surface area contributed by atoms with E-state index < -0.39 is 0 Å². The highest BCUT2D eigenvalue weighted by atomic mass is 79.9. The van der Waals surface area contributed by atoms with Crippen molar-refractivity contribution < 1.29 is 4.74 Å². The molecule has 0 radical (unpaired) electrons. The SMILES string of the molecule is BrC1CCCCCC1CC1CCCO1. The van der Waals surface area contributed by atoms with Gasteiger partial charge in [-0.15, -0.1) is 0 Å². The van der Waals surface area contributed by atoms with Gasteiger partial charge in [-0.25, -0.2) is 0 Å². The summed E-state index contributed by atoms with van der Waals surface area (Å²) < 4.78 is 5.72. The minimum Gasteiger partial charge on any atom is -0.378 e. The van der Waals surface area contributed by atoms with Crippen molar-refractivity contribution >= 4 is 15.9 Å². The molecule has 1 nitrogen and oxygen atoms in total. The highest BCUT2D eigenvalue weighted by molar-refractivity contribution is 9.09. The zero-order valence-corrected chi connectivity index (χ0v) is 10.5. The molecule has 1 aliphatic heterocycles. The van der Waals surface area contributed by atoms with E-state index in [1.54, 1.807) is 0 Å². The topological polar surface area (TPSA) is 9.23 Å². The van der Waals surface area contributed by atoms with Crippen molar-refractivity contribution in [3.63, 3.8) is 0 Å². The third-order valence-electron chi connectivity index (χ3n) is 3.66. The van der Waals surface area contributed by atoms with Crippen molar-refractivity contribution in [3.8, 4) is 0 Å². The number of ether oxygens (including phenoxy) is 1. The third-order valence-corrected chi connectivity index (χ3v) is 4.86. The monoisotopic (exact) mass is 260 g/mol. The standard InChI is InChI=1S/C12H21BrO/c13-12-7-3-1-2-5-10(12)9-11-6-4-8-14-11/h10-12H,1-9H2. The first-order chi connectivity index (χ1) is 6.86. The predicted octanol–water partition coefficient (Wildman–Crippen LogP) is 3.90. The van der Waals surface area contributed by atoms with Gasteiger partial charge in [-0.1, -0.05) is 35.2 Å². The van der Waals surface area contributed by atoms with Gasteiger partial charge in [-0.3, -0.25) is 0 Å². The summed E-state index contributed by atoms with van der Waals surface area (Å²) in [5, 5.41) is 0. The maximum atomic E-state index is 5.72. The van der Waals surface area contributed by atoms with E-state index >= 15 is 0 Å². The molecule has 0 aromatic heterocycles. The molecule has 0 bridgehead atoms. The summed E-state index contributed by atoms with van der Waals surface area (Å²) in [5.41, 5.74) is 0. The Morgan fingerprint density at radius 1 is 1.00 bits per heavy atom. The van der Waals surface area contributed by atoms with Gasteiger partial charge in [-0.05, 0) is 38.0 Å². The van der Waals surface area contributed by atoms with Crippen molar-refractivity contribution in [1.29, 1.82) is 0 Å². The molecule has 3 unspecified atom stereocenters. The molecular formula is C12H21BrO. The maximum absolute atomic E-state index is 5.72. The van der Waals surface area contributed by atoms with E-state index in [1.807, 2.05) is 0 Å². The molecule has 1 aliphatic carbocycles. The van der Waals surface area contributed by atoms with Crippen molar-refractivity contribution in [2.75, 3.05) is 6.61 Å². The highest BCUT2D eigenvalue weighted by Crippen LogP contribution is 2.34. The molecule has 1 heterocycles. The summed E-state index contributed by atoms with van der Waals surface area (Å²) in [6, 6.07) is 0. The molecule has 0 aromatic rings. The van der Waals surface area contributed by atoms with Gasteiger partial charge < -0.3 is 4.74 Å². The second-order valence-corrected chi connectivity index (χ2v) is 5.96. The third kappa shape index (κ3) is 2.96. The molecule has 82 valence electrons. The molecule has 1 saturated heterocycles. The first-order valence-electron chi connectivity index (χ1n) is 6.12. The molecule has 0 N–H and O–H groups in total. The number of alkyl halides is 1. The largest absolute Gasteiger partial charge is 0.378 e. The van der Waals surface area contributed by atoms with Crippen LogP contribution < -0.4 is 0 Å². The molecule has 2 rings (SSSR count). The minimum atomic E-state index is 0.582. The van der Waals surface area contributed by atoms with E-state index in [9.17, 15) is 0 Å². The van der Waals surface area contributed by atoms with Crippen LogP contribution in [0.1, 0.15) is 51.4 Å². The van der Waals surface area contributed by atoms with Crippen LogP contribution in [-0.4, -0.2) is 17.5 Å². The summed E-state index contributed by atoms with van der Waals surface area (Å²) in [6.07, 6.45) is 11.5. The fourth-order valence-corrected chi connectivity index (χ4v) is 3.58. The summed E-state index contributed by atoms with van der Waals surface area (Å²) in [5.74, 6) is 0.876. The van der Waals surface area contributed by atoms with Crippen LogP contribution in [0.25, 0.3) is 0 Å². The van der Waals surface area contributed by atoms with E-state index in [-0.39, 0.29) is 0 Å². The molecule has 0 spiro atoms. The lowest BCUT2D eigenvalue weighted by atomic mass is 9.93. The Morgan fingerprint density at radius 2 is 1.86 bits per heavy atom. The van der Waals surface area contributed by atoms with Gasteiger partial charge in [0.2, 0.25) is 0 Å². The Balaban J connectivity index is 1.81. The van der Waals surface area contributed by atoms with E-state index in [4.69, 9.17) is 4.74 Å². The molecule has 1 saturated carbocycles. The van der Waals surface area contributed by atoms with Crippen LogP contribution in [0.15, 0.2) is 0 Å². The van der Waals surface area contributed by atoms with Gasteiger partial charge in [0, 0.05) is 11.4 Å².